The van der Waals surface area contributed by atoms with Gasteiger partial charge in [-0.25, -0.2) is 0 Å². The molecule has 5 nitrogen and oxygen atoms in total. The van der Waals surface area contributed by atoms with Crippen molar-refractivity contribution in [2.75, 3.05) is 7.11 Å². The molecule has 3 aromatic rings. The van der Waals surface area contributed by atoms with Crippen LogP contribution in [0.15, 0.2) is 60.8 Å². The van der Waals surface area contributed by atoms with E-state index in [1.807, 2.05) is 61.5 Å². The molecule has 1 heterocycles. The Morgan fingerprint density at radius 2 is 1.83 bits per heavy atom. The fourth-order valence-corrected chi connectivity index (χ4v) is 2.53. The maximum absolute atomic E-state index is 12.6. The molecule has 0 unspecified atom stereocenters. The zero-order chi connectivity index (χ0) is 16.9. The zero-order valence-electron chi connectivity index (χ0n) is 13.6. The number of hydrogen-bond acceptors (Lipinski definition) is 3. The van der Waals surface area contributed by atoms with Crippen LogP contribution in [0.2, 0.25) is 0 Å². The fourth-order valence-electron chi connectivity index (χ4n) is 2.53. The van der Waals surface area contributed by atoms with Gasteiger partial charge in [0.25, 0.3) is 5.91 Å². The number of benzene rings is 2. The lowest BCUT2D eigenvalue weighted by atomic mass is 10.1. The molecular weight excluding hydrogens is 302 g/mol. The van der Waals surface area contributed by atoms with E-state index in [1.54, 1.807) is 13.3 Å². The lowest BCUT2D eigenvalue weighted by Crippen LogP contribution is -2.26. The Morgan fingerprint density at radius 1 is 1.12 bits per heavy atom. The van der Waals surface area contributed by atoms with Crippen molar-refractivity contribution >= 4 is 5.91 Å². The third-order valence-electron chi connectivity index (χ3n) is 3.91. The molecule has 1 amide bonds. The Morgan fingerprint density at radius 3 is 2.50 bits per heavy atom. The summed E-state index contributed by atoms with van der Waals surface area (Å²) >= 11 is 0. The summed E-state index contributed by atoms with van der Waals surface area (Å²) in [7, 11) is 1.63. The summed E-state index contributed by atoms with van der Waals surface area (Å²) in [6, 6.07) is 17.2. The summed E-state index contributed by atoms with van der Waals surface area (Å²) in [4.78, 5) is 12.6. The number of aromatic amines is 1. The van der Waals surface area contributed by atoms with Gasteiger partial charge < -0.3 is 10.1 Å². The lowest BCUT2D eigenvalue weighted by Gasteiger charge is -2.15. The minimum absolute atomic E-state index is 0.123. The number of nitrogens with one attached hydrogen (secondary N) is 2. The lowest BCUT2D eigenvalue weighted by molar-refractivity contribution is 0.0940. The summed E-state index contributed by atoms with van der Waals surface area (Å²) in [6.07, 6.45) is 1.55. The number of nitrogens with zero attached hydrogens (tertiary/aromatic N) is 1. The maximum Gasteiger partial charge on any atom is 0.255 e. The molecule has 122 valence electrons. The number of rotatable bonds is 5. The molecule has 2 N–H and O–H groups in total. The zero-order valence-corrected chi connectivity index (χ0v) is 13.6. The van der Waals surface area contributed by atoms with Crippen LogP contribution in [-0.2, 0) is 0 Å². The van der Waals surface area contributed by atoms with Crippen LogP contribution >= 0.6 is 0 Å². The number of H-pyrrole nitrogens is 1. The van der Waals surface area contributed by atoms with E-state index >= 15 is 0 Å². The monoisotopic (exact) mass is 321 g/mol. The number of carbonyl (C=O) groups is 1. The third kappa shape index (κ3) is 3.30. The van der Waals surface area contributed by atoms with Crippen LogP contribution in [0.25, 0.3) is 11.3 Å². The van der Waals surface area contributed by atoms with E-state index < -0.39 is 0 Å². The first kappa shape index (κ1) is 15.8. The number of carbonyl (C=O) groups excluding carboxylic acids is 1. The van der Waals surface area contributed by atoms with Gasteiger partial charge in [-0.1, -0.05) is 42.5 Å². The maximum atomic E-state index is 12.6. The molecule has 0 spiro atoms. The number of aromatic nitrogens is 2. The summed E-state index contributed by atoms with van der Waals surface area (Å²) < 4.78 is 5.15. The Kier molecular flexibility index (Phi) is 4.61. The van der Waals surface area contributed by atoms with Gasteiger partial charge in [-0.15, -0.1) is 0 Å². The van der Waals surface area contributed by atoms with E-state index in [2.05, 4.69) is 15.5 Å². The predicted octanol–water partition coefficient (Wildman–Crippen LogP) is 3.58. The van der Waals surface area contributed by atoms with Crippen LogP contribution in [0.5, 0.6) is 5.75 Å². The van der Waals surface area contributed by atoms with Crippen LogP contribution in [0, 0.1) is 0 Å². The third-order valence-corrected chi connectivity index (χ3v) is 3.91. The predicted molar refractivity (Wildman–Crippen MR) is 92.9 cm³/mol. The summed E-state index contributed by atoms with van der Waals surface area (Å²) in [6.45, 7) is 1.95. The second-order valence-electron chi connectivity index (χ2n) is 5.49. The van der Waals surface area contributed by atoms with E-state index in [1.165, 1.54) is 0 Å². The Bertz CT molecular complexity index is 810. The topological polar surface area (TPSA) is 67.0 Å². The number of hydrogen-bond donors (Lipinski definition) is 2. The van der Waals surface area contributed by atoms with E-state index in [9.17, 15) is 4.79 Å². The molecular formula is C19H19N3O2. The first-order valence-electron chi connectivity index (χ1n) is 7.72. The van der Waals surface area contributed by atoms with Crippen molar-refractivity contribution in [3.63, 3.8) is 0 Å². The van der Waals surface area contributed by atoms with Gasteiger partial charge in [-0.3, -0.25) is 9.89 Å². The highest BCUT2D eigenvalue weighted by Gasteiger charge is 2.17. The minimum Gasteiger partial charge on any atom is -0.497 e. The molecule has 0 bridgehead atoms. The fraction of sp³-hybridized carbons (Fsp3) is 0.158. The van der Waals surface area contributed by atoms with Gasteiger partial charge in [0.15, 0.2) is 0 Å². The van der Waals surface area contributed by atoms with Crippen LogP contribution in [0.4, 0.5) is 0 Å². The second-order valence-corrected chi connectivity index (χ2v) is 5.49. The molecule has 0 aliphatic rings. The van der Waals surface area contributed by atoms with Crippen molar-refractivity contribution in [2.24, 2.45) is 0 Å². The Labute approximate surface area is 140 Å². The summed E-state index contributed by atoms with van der Waals surface area (Å²) in [5.41, 5.74) is 3.18. The Balaban J connectivity index is 1.77. The van der Waals surface area contributed by atoms with Crippen LogP contribution in [-0.4, -0.2) is 23.2 Å². The van der Waals surface area contributed by atoms with Gasteiger partial charge >= 0.3 is 0 Å². The minimum atomic E-state index is -0.161. The average Bonchev–Trinajstić information content (AvgIpc) is 3.12. The van der Waals surface area contributed by atoms with Crippen molar-refractivity contribution in [3.8, 4) is 17.0 Å². The highest BCUT2D eigenvalue weighted by Crippen LogP contribution is 2.22. The van der Waals surface area contributed by atoms with Crippen molar-refractivity contribution in [2.45, 2.75) is 13.0 Å². The van der Waals surface area contributed by atoms with Gasteiger partial charge in [0, 0.05) is 5.56 Å². The van der Waals surface area contributed by atoms with E-state index in [-0.39, 0.29) is 11.9 Å². The highest BCUT2D eigenvalue weighted by atomic mass is 16.5. The quantitative estimate of drug-likeness (QED) is 0.755. The van der Waals surface area contributed by atoms with Gasteiger partial charge in [0.05, 0.1) is 30.6 Å². The first-order chi connectivity index (χ1) is 11.7. The summed E-state index contributed by atoms with van der Waals surface area (Å²) in [5.74, 6) is 0.629. The molecule has 2 aromatic carbocycles. The van der Waals surface area contributed by atoms with Crippen molar-refractivity contribution in [1.82, 2.24) is 15.5 Å². The number of amides is 1. The molecule has 0 fully saturated rings. The largest absolute Gasteiger partial charge is 0.497 e. The molecule has 1 aromatic heterocycles. The molecule has 0 saturated carbocycles. The molecule has 1 atom stereocenters. The summed E-state index contributed by atoms with van der Waals surface area (Å²) in [5, 5.41) is 9.93. The standard InChI is InChI=1S/C19H19N3O2/c1-13(14-8-10-16(24-2)11-9-14)21-19(23)17-12-20-22-18(17)15-6-4-3-5-7-15/h3-13H,1-2H3,(H,20,22)(H,21,23)/t13-/m0/s1. The van der Waals surface area contributed by atoms with Gasteiger partial charge in [0.1, 0.15) is 5.75 Å². The second kappa shape index (κ2) is 7.00. The molecule has 0 aliphatic carbocycles. The average molecular weight is 321 g/mol. The van der Waals surface area contributed by atoms with Crippen LogP contribution in [0.1, 0.15) is 28.9 Å². The molecule has 24 heavy (non-hydrogen) atoms. The first-order valence-corrected chi connectivity index (χ1v) is 7.72. The van der Waals surface area contributed by atoms with E-state index in [4.69, 9.17) is 4.74 Å². The van der Waals surface area contributed by atoms with Crippen LogP contribution < -0.4 is 10.1 Å². The van der Waals surface area contributed by atoms with Gasteiger partial charge in [-0.2, -0.15) is 5.10 Å². The van der Waals surface area contributed by atoms with Crippen molar-refractivity contribution in [3.05, 3.63) is 71.9 Å². The number of methoxy groups -OCH3 is 1. The van der Waals surface area contributed by atoms with Crippen molar-refractivity contribution < 1.29 is 9.53 Å². The SMILES string of the molecule is COc1ccc([C@H](C)NC(=O)c2cn[nH]c2-c2ccccc2)cc1. The van der Waals surface area contributed by atoms with Crippen LogP contribution in [0.3, 0.4) is 0 Å². The smallest absolute Gasteiger partial charge is 0.255 e. The highest BCUT2D eigenvalue weighted by molar-refractivity contribution is 5.99. The Hall–Kier alpha value is -3.08. The normalized spacial score (nSPS) is 11.8. The van der Waals surface area contributed by atoms with Crippen molar-refractivity contribution in [1.29, 1.82) is 0 Å². The molecule has 5 heteroatoms. The number of ether oxygens (including phenoxy) is 1. The molecule has 0 radical (unpaired) electrons. The van der Waals surface area contributed by atoms with Gasteiger partial charge in [0.2, 0.25) is 0 Å². The van der Waals surface area contributed by atoms with E-state index in [0.29, 0.717) is 5.56 Å². The van der Waals surface area contributed by atoms with Gasteiger partial charge in [-0.05, 0) is 24.6 Å². The molecule has 3 rings (SSSR count). The molecule has 0 aliphatic heterocycles. The van der Waals surface area contributed by atoms with E-state index in [0.717, 1.165) is 22.6 Å². The molecule has 0 saturated heterocycles.